The van der Waals surface area contributed by atoms with Crippen molar-refractivity contribution in [3.8, 4) is 11.5 Å². The Bertz CT molecular complexity index is 1440. The number of methoxy groups -OCH3 is 1. The monoisotopic (exact) mass is 439 g/mol. The fraction of sp³-hybridized carbons (Fsp3) is 0.286. The van der Waals surface area contributed by atoms with Crippen LogP contribution in [0.1, 0.15) is 37.3 Å². The maximum atomic E-state index is 5.97. The van der Waals surface area contributed by atoms with Crippen molar-refractivity contribution in [2.24, 2.45) is 0 Å². The Labute approximate surface area is 194 Å². The molecule has 0 aliphatic rings. The predicted molar refractivity (Wildman–Crippen MR) is 134 cm³/mol. The van der Waals surface area contributed by atoms with Crippen LogP contribution < -0.4 is 9.47 Å². The molecule has 0 aliphatic heterocycles. The van der Waals surface area contributed by atoms with E-state index in [-0.39, 0.29) is 0 Å². The van der Waals surface area contributed by atoms with E-state index in [1.54, 1.807) is 7.11 Å². The zero-order valence-corrected chi connectivity index (χ0v) is 19.5. The molecule has 3 aromatic carbocycles. The van der Waals surface area contributed by atoms with Crippen molar-refractivity contribution in [2.45, 2.75) is 39.7 Å². The first-order valence-electron chi connectivity index (χ1n) is 11.6. The van der Waals surface area contributed by atoms with Gasteiger partial charge in [0.05, 0.1) is 30.3 Å². The number of benzene rings is 3. The maximum Gasteiger partial charge on any atom is 0.161 e. The average molecular weight is 440 g/mol. The van der Waals surface area contributed by atoms with E-state index in [2.05, 4.69) is 48.7 Å². The molecule has 0 N–H and O–H groups in total. The van der Waals surface area contributed by atoms with Crippen molar-refractivity contribution >= 4 is 33.1 Å². The van der Waals surface area contributed by atoms with Gasteiger partial charge in [0.1, 0.15) is 5.52 Å². The van der Waals surface area contributed by atoms with Crippen molar-refractivity contribution in [1.29, 1.82) is 0 Å². The third kappa shape index (κ3) is 3.99. The Kier molecular flexibility index (Phi) is 5.86. The number of rotatable bonds is 8. The minimum absolute atomic E-state index is 0.671. The lowest BCUT2D eigenvalue weighted by Gasteiger charge is -2.14. The molecule has 0 atom stereocenters. The van der Waals surface area contributed by atoms with Gasteiger partial charge in [0.25, 0.3) is 0 Å². The van der Waals surface area contributed by atoms with Gasteiger partial charge in [-0.3, -0.25) is 0 Å². The van der Waals surface area contributed by atoms with Crippen molar-refractivity contribution in [3.05, 3.63) is 71.8 Å². The van der Waals surface area contributed by atoms with E-state index in [0.717, 1.165) is 51.1 Å². The van der Waals surface area contributed by atoms with Crippen LogP contribution in [-0.4, -0.2) is 28.3 Å². The van der Waals surface area contributed by atoms with E-state index in [9.17, 15) is 0 Å². The maximum absolute atomic E-state index is 5.97. The lowest BCUT2D eigenvalue weighted by molar-refractivity contribution is 0.286. The third-order valence-electron chi connectivity index (χ3n) is 6.14. The van der Waals surface area contributed by atoms with E-state index in [1.807, 2.05) is 30.3 Å². The molecule has 5 aromatic rings. The van der Waals surface area contributed by atoms with Gasteiger partial charge in [-0.15, -0.1) is 0 Å². The SMILES string of the molecule is CCCCCOc1ccc(Cn2c3nc4ccccc4nc3c3cccc(C)c32)cc1OC. The van der Waals surface area contributed by atoms with Crippen LogP contribution in [0.15, 0.2) is 60.7 Å². The predicted octanol–water partition coefficient (Wildman–Crippen LogP) is 6.67. The highest BCUT2D eigenvalue weighted by Crippen LogP contribution is 2.33. The topological polar surface area (TPSA) is 49.2 Å². The minimum Gasteiger partial charge on any atom is -0.493 e. The zero-order chi connectivity index (χ0) is 22.8. The van der Waals surface area contributed by atoms with Crippen LogP contribution in [0, 0.1) is 6.92 Å². The average Bonchev–Trinajstić information content (AvgIpc) is 3.14. The first kappa shape index (κ1) is 21.3. The van der Waals surface area contributed by atoms with E-state index in [4.69, 9.17) is 19.4 Å². The summed E-state index contributed by atoms with van der Waals surface area (Å²) < 4.78 is 13.9. The van der Waals surface area contributed by atoms with E-state index >= 15 is 0 Å². The van der Waals surface area contributed by atoms with E-state index in [1.165, 1.54) is 23.9 Å². The number of fused-ring (bicyclic) bond motifs is 4. The molecule has 5 nitrogen and oxygen atoms in total. The molecule has 2 heterocycles. The fourth-order valence-corrected chi connectivity index (χ4v) is 4.47. The second-order valence-corrected chi connectivity index (χ2v) is 8.48. The summed E-state index contributed by atoms with van der Waals surface area (Å²) in [5, 5.41) is 1.13. The molecule has 0 fully saturated rings. The molecular weight excluding hydrogens is 410 g/mol. The number of hydrogen-bond acceptors (Lipinski definition) is 4. The Morgan fingerprint density at radius 2 is 1.70 bits per heavy atom. The quantitative estimate of drug-likeness (QED) is 0.253. The first-order valence-corrected chi connectivity index (χ1v) is 11.6. The van der Waals surface area contributed by atoms with Crippen molar-refractivity contribution in [2.75, 3.05) is 13.7 Å². The lowest BCUT2D eigenvalue weighted by atomic mass is 10.1. The zero-order valence-electron chi connectivity index (χ0n) is 19.5. The first-order chi connectivity index (χ1) is 16.2. The van der Waals surface area contributed by atoms with Gasteiger partial charge in [0.2, 0.25) is 0 Å². The van der Waals surface area contributed by atoms with Crippen LogP contribution in [0.2, 0.25) is 0 Å². The Hall–Kier alpha value is -3.60. The van der Waals surface area contributed by atoms with Crippen LogP contribution in [0.25, 0.3) is 33.1 Å². The van der Waals surface area contributed by atoms with Crippen molar-refractivity contribution < 1.29 is 9.47 Å². The molecule has 0 unspecified atom stereocenters. The molecule has 2 aromatic heterocycles. The van der Waals surface area contributed by atoms with Gasteiger partial charge in [-0.25, -0.2) is 9.97 Å². The van der Waals surface area contributed by atoms with E-state index < -0.39 is 0 Å². The molecule has 0 spiro atoms. The largest absolute Gasteiger partial charge is 0.493 e. The molecule has 0 aliphatic carbocycles. The number of unbranched alkanes of at least 4 members (excludes halogenated alkanes) is 2. The molecule has 0 saturated heterocycles. The summed E-state index contributed by atoms with van der Waals surface area (Å²) in [6, 6.07) is 20.6. The molecule has 5 heteroatoms. The molecule has 168 valence electrons. The third-order valence-corrected chi connectivity index (χ3v) is 6.14. The molecule has 0 radical (unpaired) electrons. The second kappa shape index (κ2) is 9.10. The second-order valence-electron chi connectivity index (χ2n) is 8.48. The van der Waals surface area contributed by atoms with Crippen LogP contribution in [0.5, 0.6) is 11.5 Å². The highest BCUT2D eigenvalue weighted by Gasteiger charge is 2.17. The number of para-hydroxylation sites is 3. The Morgan fingerprint density at radius 3 is 2.48 bits per heavy atom. The summed E-state index contributed by atoms with van der Waals surface area (Å²) in [5.74, 6) is 1.56. The number of nitrogens with zero attached hydrogens (tertiary/aromatic N) is 3. The molecule has 0 bridgehead atoms. The smallest absolute Gasteiger partial charge is 0.161 e. The highest BCUT2D eigenvalue weighted by atomic mass is 16.5. The molecule has 5 rings (SSSR count). The molecular formula is C28H29N3O2. The van der Waals surface area contributed by atoms with Crippen molar-refractivity contribution in [3.63, 3.8) is 0 Å². The van der Waals surface area contributed by atoms with Gasteiger partial charge in [-0.1, -0.05) is 56.2 Å². The van der Waals surface area contributed by atoms with Gasteiger partial charge in [0, 0.05) is 11.9 Å². The molecule has 0 amide bonds. The summed E-state index contributed by atoms with van der Waals surface area (Å²) in [7, 11) is 1.69. The molecule has 0 saturated carbocycles. The standard InChI is InChI=1S/C28H29N3O2/c1-4-5-8-16-33-24-15-14-20(17-25(24)32-3)18-31-27-19(2)10-9-11-21(27)26-28(31)30-23-13-7-6-12-22(23)29-26/h6-7,9-15,17H,4-5,8,16,18H2,1-3H3. The highest BCUT2D eigenvalue weighted by molar-refractivity contribution is 6.07. The number of aryl methyl sites for hydroxylation is 1. The molecule has 33 heavy (non-hydrogen) atoms. The summed E-state index contributed by atoms with van der Waals surface area (Å²) in [5.41, 5.74) is 7.16. The van der Waals surface area contributed by atoms with Gasteiger partial charge in [-0.05, 0) is 48.7 Å². The van der Waals surface area contributed by atoms with Crippen LogP contribution in [0.3, 0.4) is 0 Å². The Morgan fingerprint density at radius 1 is 0.879 bits per heavy atom. The van der Waals surface area contributed by atoms with Crippen molar-refractivity contribution in [1.82, 2.24) is 14.5 Å². The normalized spacial score (nSPS) is 11.5. The van der Waals surface area contributed by atoms with Crippen LogP contribution >= 0.6 is 0 Å². The number of aromatic nitrogens is 3. The van der Waals surface area contributed by atoms with E-state index in [0.29, 0.717) is 13.2 Å². The van der Waals surface area contributed by atoms with Gasteiger partial charge >= 0.3 is 0 Å². The minimum atomic E-state index is 0.671. The number of hydrogen-bond donors (Lipinski definition) is 0. The Balaban J connectivity index is 1.59. The van der Waals surface area contributed by atoms with Crippen LogP contribution in [0.4, 0.5) is 0 Å². The van der Waals surface area contributed by atoms with Gasteiger partial charge < -0.3 is 14.0 Å². The van der Waals surface area contributed by atoms with Crippen LogP contribution in [-0.2, 0) is 6.54 Å². The summed E-state index contributed by atoms with van der Waals surface area (Å²) in [6.45, 7) is 5.72. The fourth-order valence-electron chi connectivity index (χ4n) is 4.47. The summed E-state index contributed by atoms with van der Waals surface area (Å²) in [6.07, 6.45) is 3.40. The summed E-state index contributed by atoms with van der Waals surface area (Å²) >= 11 is 0. The lowest BCUT2D eigenvalue weighted by Crippen LogP contribution is -2.04. The van der Waals surface area contributed by atoms with Gasteiger partial charge in [0.15, 0.2) is 17.1 Å². The number of ether oxygens (including phenoxy) is 2. The van der Waals surface area contributed by atoms with Gasteiger partial charge in [-0.2, -0.15) is 0 Å². The summed E-state index contributed by atoms with van der Waals surface area (Å²) in [4.78, 5) is 9.99.